The molecule has 0 saturated heterocycles. The first kappa shape index (κ1) is 13.5. The second-order valence-electron chi connectivity index (χ2n) is 3.60. The number of hydrogen-bond acceptors (Lipinski definition) is 3. The van der Waals surface area contributed by atoms with Crippen molar-refractivity contribution < 1.29 is 9.47 Å². The number of likely N-dealkylation sites (N-methyl/N-ethyl adjacent to an activating group) is 1. The highest BCUT2D eigenvalue weighted by molar-refractivity contribution is 9.10. The summed E-state index contributed by atoms with van der Waals surface area (Å²) in [6.07, 6.45) is 0. The molecule has 0 atom stereocenters. The zero-order valence-electron chi connectivity index (χ0n) is 9.78. The first-order valence-electron chi connectivity index (χ1n) is 5.28. The molecular formula is C12H18BrNO2. The molecule has 0 aliphatic heterocycles. The smallest absolute Gasteiger partial charge is 0.119 e. The summed E-state index contributed by atoms with van der Waals surface area (Å²) in [6, 6.07) is 7.87. The van der Waals surface area contributed by atoms with Crippen LogP contribution in [0.3, 0.4) is 0 Å². The zero-order chi connectivity index (χ0) is 11.8. The molecule has 90 valence electrons. The average Bonchev–Trinajstić information content (AvgIpc) is 2.29. The fourth-order valence-electron chi connectivity index (χ4n) is 1.21. The Labute approximate surface area is 105 Å². The SMILES string of the molecule is COCCN(C)CCOc1ccc(Br)cc1. The third-order valence-corrected chi connectivity index (χ3v) is 2.76. The molecule has 1 aromatic carbocycles. The molecule has 16 heavy (non-hydrogen) atoms. The molecule has 1 aromatic rings. The largest absolute Gasteiger partial charge is 0.492 e. The second kappa shape index (κ2) is 7.65. The summed E-state index contributed by atoms with van der Waals surface area (Å²) in [5.41, 5.74) is 0. The van der Waals surface area contributed by atoms with E-state index in [9.17, 15) is 0 Å². The number of nitrogens with zero attached hydrogens (tertiary/aromatic N) is 1. The van der Waals surface area contributed by atoms with Crippen molar-refractivity contribution in [1.82, 2.24) is 4.90 Å². The molecule has 1 rings (SSSR count). The topological polar surface area (TPSA) is 21.7 Å². The lowest BCUT2D eigenvalue weighted by Crippen LogP contribution is -2.27. The van der Waals surface area contributed by atoms with E-state index >= 15 is 0 Å². The van der Waals surface area contributed by atoms with Gasteiger partial charge >= 0.3 is 0 Å². The molecule has 0 bridgehead atoms. The molecule has 0 aliphatic rings. The van der Waals surface area contributed by atoms with Crippen molar-refractivity contribution in [3.8, 4) is 5.75 Å². The van der Waals surface area contributed by atoms with Crippen LogP contribution in [0.5, 0.6) is 5.75 Å². The highest BCUT2D eigenvalue weighted by Crippen LogP contribution is 2.15. The molecule has 0 saturated carbocycles. The van der Waals surface area contributed by atoms with Crippen LogP contribution in [0.1, 0.15) is 0 Å². The summed E-state index contributed by atoms with van der Waals surface area (Å²) in [6.45, 7) is 3.29. The number of ether oxygens (including phenoxy) is 2. The van der Waals surface area contributed by atoms with Gasteiger partial charge in [-0.15, -0.1) is 0 Å². The van der Waals surface area contributed by atoms with Gasteiger partial charge in [0.2, 0.25) is 0 Å². The third-order valence-electron chi connectivity index (χ3n) is 2.23. The number of methoxy groups -OCH3 is 1. The van der Waals surface area contributed by atoms with E-state index in [-0.39, 0.29) is 0 Å². The second-order valence-corrected chi connectivity index (χ2v) is 4.51. The monoisotopic (exact) mass is 287 g/mol. The van der Waals surface area contributed by atoms with E-state index in [0.717, 1.165) is 29.9 Å². The van der Waals surface area contributed by atoms with E-state index in [4.69, 9.17) is 9.47 Å². The average molecular weight is 288 g/mol. The predicted octanol–water partition coefficient (Wildman–Crippen LogP) is 2.41. The van der Waals surface area contributed by atoms with Gasteiger partial charge in [-0.1, -0.05) is 15.9 Å². The molecule has 4 heteroatoms. The van der Waals surface area contributed by atoms with Gasteiger partial charge in [0, 0.05) is 24.7 Å². The van der Waals surface area contributed by atoms with E-state index in [1.165, 1.54) is 0 Å². The lowest BCUT2D eigenvalue weighted by molar-refractivity contribution is 0.150. The van der Waals surface area contributed by atoms with Crippen molar-refractivity contribution in [3.05, 3.63) is 28.7 Å². The van der Waals surface area contributed by atoms with Gasteiger partial charge in [0.15, 0.2) is 0 Å². The summed E-state index contributed by atoms with van der Waals surface area (Å²) >= 11 is 3.39. The van der Waals surface area contributed by atoms with E-state index < -0.39 is 0 Å². The standard InChI is InChI=1S/C12H18BrNO2/c1-14(7-9-15-2)8-10-16-12-5-3-11(13)4-6-12/h3-6H,7-10H2,1-2H3. The normalized spacial score (nSPS) is 10.8. The van der Waals surface area contributed by atoms with Crippen molar-refractivity contribution in [2.45, 2.75) is 0 Å². The van der Waals surface area contributed by atoms with Gasteiger partial charge in [0.1, 0.15) is 12.4 Å². The van der Waals surface area contributed by atoms with E-state index in [2.05, 4.69) is 27.9 Å². The van der Waals surface area contributed by atoms with Crippen molar-refractivity contribution in [2.24, 2.45) is 0 Å². The Bertz CT molecular complexity index is 290. The first-order chi connectivity index (χ1) is 7.72. The number of halogens is 1. The van der Waals surface area contributed by atoms with Crippen LogP contribution in [0.25, 0.3) is 0 Å². The van der Waals surface area contributed by atoms with Crippen molar-refractivity contribution >= 4 is 15.9 Å². The Morgan fingerprint density at radius 2 is 1.75 bits per heavy atom. The van der Waals surface area contributed by atoms with Crippen molar-refractivity contribution in [2.75, 3.05) is 40.5 Å². The lowest BCUT2D eigenvalue weighted by atomic mass is 10.3. The molecule has 0 fully saturated rings. The van der Waals surface area contributed by atoms with Gasteiger partial charge in [-0.2, -0.15) is 0 Å². The Balaban J connectivity index is 2.17. The molecule has 0 radical (unpaired) electrons. The molecule has 0 N–H and O–H groups in total. The molecule has 0 unspecified atom stereocenters. The van der Waals surface area contributed by atoms with Crippen molar-refractivity contribution in [1.29, 1.82) is 0 Å². The van der Waals surface area contributed by atoms with E-state index in [1.807, 2.05) is 24.3 Å². The Hall–Kier alpha value is -0.580. The lowest BCUT2D eigenvalue weighted by Gasteiger charge is -2.16. The quantitative estimate of drug-likeness (QED) is 0.769. The van der Waals surface area contributed by atoms with Gasteiger partial charge in [0.05, 0.1) is 6.61 Å². The minimum absolute atomic E-state index is 0.696. The fraction of sp³-hybridized carbons (Fsp3) is 0.500. The minimum atomic E-state index is 0.696. The van der Waals surface area contributed by atoms with Crippen LogP contribution in [0.4, 0.5) is 0 Å². The van der Waals surface area contributed by atoms with Crippen LogP contribution in [0, 0.1) is 0 Å². The molecule has 3 nitrogen and oxygen atoms in total. The van der Waals surface area contributed by atoms with Gasteiger partial charge in [-0.05, 0) is 31.3 Å². The zero-order valence-corrected chi connectivity index (χ0v) is 11.4. The number of hydrogen-bond donors (Lipinski definition) is 0. The summed E-state index contributed by atoms with van der Waals surface area (Å²) in [7, 11) is 3.77. The summed E-state index contributed by atoms with van der Waals surface area (Å²) in [5.74, 6) is 0.906. The van der Waals surface area contributed by atoms with Crippen LogP contribution in [0.15, 0.2) is 28.7 Å². The summed E-state index contributed by atoms with van der Waals surface area (Å²) in [5, 5.41) is 0. The highest BCUT2D eigenvalue weighted by atomic mass is 79.9. The Kier molecular flexibility index (Phi) is 6.45. The Morgan fingerprint density at radius 3 is 2.38 bits per heavy atom. The maximum atomic E-state index is 5.61. The predicted molar refractivity (Wildman–Crippen MR) is 69.0 cm³/mol. The molecular weight excluding hydrogens is 270 g/mol. The molecule has 0 aromatic heterocycles. The van der Waals surface area contributed by atoms with Gasteiger partial charge in [0.25, 0.3) is 0 Å². The van der Waals surface area contributed by atoms with Gasteiger partial charge < -0.3 is 14.4 Å². The number of benzene rings is 1. The number of rotatable bonds is 7. The van der Waals surface area contributed by atoms with Gasteiger partial charge in [-0.25, -0.2) is 0 Å². The van der Waals surface area contributed by atoms with Crippen LogP contribution in [-0.2, 0) is 4.74 Å². The van der Waals surface area contributed by atoms with Gasteiger partial charge in [-0.3, -0.25) is 0 Å². The highest BCUT2D eigenvalue weighted by Gasteiger charge is 1.98. The fourth-order valence-corrected chi connectivity index (χ4v) is 1.47. The molecule has 0 amide bonds. The molecule has 0 aliphatic carbocycles. The van der Waals surface area contributed by atoms with Crippen LogP contribution in [0.2, 0.25) is 0 Å². The first-order valence-corrected chi connectivity index (χ1v) is 6.07. The Morgan fingerprint density at radius 1 is 1.12 bits per heavy atom. The summed E-state index contributed by atoms with van der Waals surface area (Å²) < 4.78 is 11.7. The molecule has 0 spiro atoms. The maximum absolute atomic E-state index is 5.61. The minimum Gasteiger partial charge on any atom is -0.492 e. The van der Waals surface area contributed by atoms with Crippen molar-refractivity contribution in [3.63, 3.8) is 0 Å². The van der Waals surface area contributed by atoms with E-state index in [1.54, 1.807) is 7.11 Å². The molecule has 0 heterocycles. The maximum Gasteiger partial charge on any atom is 0.119 e. The van der Waals surface area contributed by atoms with Crippen LogP contribution < -0.4 is 4.74 Å². The van der Waals surface area contributed by atoms with E-state index in [0.29, 0.717) is 6.61 Å². The third kappa shape index (κ3) is 5.49. The summed E-state index contributed by atoms with van der Waals surface area (Å²) in [4.78, 5) is 2.18. The van der Waals surface area contributed by atoms with Crippen LogP contribution in [-0.4, -0.2) is 45.4 Å². The van der Waals surface area contributed by atoms with Crippen LogP contribution >= 0.6 is 15.9 Å².